The van der Waals surface area contributed by atoms with Gasteiger partial charge in [-0.1, -0.05) is 131 Å². The van der Waals surface area contributed by atoms with Crippen molar-refractivity contribution in [3.63, 3.8) is 0 Å². The molecule has 0 amide bonds. The Morgan fingerprint density at radius 1 is 0.625 bits per heavy atom. The highest BCUT2D eigenvalue weighted by Crippen LogP contribution is 2.43. The maximum atomic E-state index is 12.6. The average molecular weight is 809 g/mol. The summed E-state index contributed by atoms with van der Waals surface area (Å²) in [6.45, 7) is 2.02. The molecule has 0 aromatic carbocycles. The van der Waals surface area contributed by atoms with Crippen LogP contribution < -0.4 is 0 Å². The van der Waals surface area contributed by atoms with E-state index in [1.54, 1.807) is 12.2 Å². The Kier molecular flexibility index (Phi) is 36.9. The highest BCUT2D eigenvalue weighted by molar-refractivity contribution is 7.47. The van der Waals surface area contributed by atoms with Crippen molar-refractivity contribution in [2.75, 3.05) is 26.4 Å². The standard InChI is InChI=1S/C44H73O11P/c1-3-5-7-9-11-13-14-15-16-17-18-20-22-26-31-35-44(49)55-42(39-54-56(50,51)53-37-41(47)36-45)38-52-43(48)34-30-27-23-25-29-33-40(46)32-28-24-21-19-12-10-8-6-4-2/h5,7,11-13,15-16,19,23-25,28-29,33,40-42,45-47H,3-4,6,8-10,14,17-18,20-22,26-27,30-32,34-39H2,1-2H3,(H,50,51)/b7-5-,13-11-,16-15-,19-12-,25-23+,28-24-,33-29-/t40?,41-,42+/m0/s1. The van der Waals surface area contributed by atoms with E-state index < -0.39 is 57.9 Å². The number of ether oxygens (including phenoxy) is 2. The number of phosphoric ester groups is 1. The molecule has 12 heteroatoms. The number of rotatable bonds is 37. The first kappa shape index (κ1) is 53.1. The van der Waals surface area contributed by atoms with E-state index in [-0.39, 0.29) is 19.4 Å². The van der Waals surface area contributed by atoms with E-state index in [0.717, 1.165) is 64.2 Å². The zero-order chi connectivity index (χ0) is 41.4. The van der Waals surface area contributed by atoms with Gasteiger partial charge in [-0.25, -0.2) is 4.57 Å². The normalized spacial score (nSPS) is 15.3. The highest BCUT2D eigenvalue weighted by atomic mass is 31.2. The van der Waals surface area contributed by atoms with Crippen LogP contribution in [0.15, 0.2) is 85.1 Å². The van der Waals surface area contributed by atoms with Gasteiger partial charge < -0.3 is 29.7 Å². The molecular formula is C44H73O11P. The first-order valence-corrected chi connectivity index (χ1v) is 22.1. The van der Waals surface area contributed by atoms with Gasteiger partial charge in [-0.3, -0.25) is 18.6 Å². The molecule has 0 saturated heterocycles. The Morgan fingerprint density at radius 2 is 1.20 bits per heavy atom. The number of allylic oxidation sites excluding steroid dienone is 12. The van der Waals surface area contributed by atoms with Gasteiger partial charge in [0, 0.05) is 12.8 Å². The topological polar surface area (TPSA) is 169 Å². The summed E-state index contributed by atoms with van der Waals surface area (Å²) in [6, 6.07) is 0. The number of aliphatic hydroxyl groups excluding tert-OH is 3. The molecule has 2 unspecified atom stereocenters. The molecule has 0 aliphatic carbocycles. The highest BCUT2D eigenvalue weighted by Gasteiger charge is 2.27. The van der Waals surface area contributed by atoms with Crippen LogP contribution in [0.25, 0.3) is 0 Å². The zero-order valence-corrected chi connectivity index (χ0v) is 35.1. The largest absolute Gasteiger partial charge is 0.472 e. The van der Waals surface area contributed by atoms with Crippen LogP contribution in [0.4, 0.5) is 0 Å². The molecule has 0 aromatic heterocycles. The van der Waals surface area contributed by atoms with Crippen LogP contribution in [0.3, 0.4) is 0 Å². The maximum Gasteiger partial charge on any atom is 0.472 e. The molecule has 11 nitrogen and oxygen atoms in total. The van der Waals surface area contributed by atoms with E-state index >= 15 is 0 Å². The van der Waals surface area contributed by atoms with Crippen molar-refractivity contribution in [2.45, 2.75) is 154 Å². The van der Waals surface area contributed by atoms with Crippen LogP contribution in [0.2, 0.25) is 0 Å². The zero-order valence-electron chi connectivity index (χ0n) is 34.2. The summed E-state index contributed by atoms with van der Waals surface area (Å²) < 4.78 is 32.5. The van der Waals surface area contributed by atoms with Gasteiger partial charge in [0.05, 0.1) is 25.9 Å². The molecule has 56 heavy (non-hydrogen) atoms. The van der Waals surface area contributed by atoms with Crippen LogP contribution >= 0.6 is 7.82 Å². The van der Waals surface area contributed by atoms with Crippen LogP contribution in [0.1, 0.15) is 136 Å². The second-order valence-corrected chi connectivity index (χ2v) is 14.9. The molecule has 0 aromatic rings. The average Bonchev–Trinajstić information content (AvgIpc) is 3.18. The minimum absolute atomic E-state index is 0.0977. The summed E-state index contributed by atoms with van der Waals surface area (Å²) in [7, 11) is -4.66. The molecule has 0 aliphatic rings. The van der Waals surface area contributed by atoms with Crippen LogP contribution in [-0.2, 0) is 32.7 Å². The van der Waals surface area contributed by atoms with E-state index in [0.29, 0.717) is 25.7 Å². The Balaban J connectivity index is 4.55. The molecule has 320 valence electrons. The summed E-state index contributed by atoms with van der Waals surface area (Å²) in [6.07, 6.45) is 41.5. The summed E-state index contributed by atoms with van der Waals surface area (Å²) in [5, 5.41) is 28.4. The SMILES string of the molecule is CC/C=C\C/C=C\C/C=C\CCCCCCCC(=O)O[C@H](COC(=O)CCC/C=C/C=C\C(O)C/C=C\C/C=C\CCCCC)COP(=O)(O)OC[C@@H](O)CO. The third-order valence-corrected chi connectivity index (χ3v) is 9.06. The van der Waals surface area contributed by atoms with Crippen molar-refractivity contribution >= 4 is 19.8 Å². The van der Waals surface area contributed by atoms with Crippen molar-refractivity contribution in [3.8, 4) is 0 Å². The summed E-state index contributed by atoms with van der Waals surface area (Å²) in [5.74, 6) is -1.08. The first-order chi connectivity index (χ1) is 27.1. The lowest BCUT2D eigenvalue weighted by Crippen LogP contribution is -2.29. The summed E-state index contributed by atoms with van der Waals surface area (Å²) in [4.78, 5) is 34.9. The first-order valence-electron chi connectivity index (χ1n) is 20.7. The number of phosphoric acid groups is 1. The number of hydrogen-bond acceptors (Lipinski definition) is 10. The van der Waals surface area contributed by atoms with E-state index in [9.17, 15) is 29.3 Å². The van der Waals surface area contributed by atoms with Crippen molar-refractivity contribution in [1.29, 1.82) is 0 Å². The minimum Gasteiger partial charge on any atom is -0.462 e. The monoisotopic (exact) mass is 808 g/mol. The fourth-order valence-electron chi connectivity index (χ4n) is 4.90. The molecule has 0 rings (SSSR count). The van der Waals surface area contributed by atoms with Crippen molar-refractivity contribution in [3.05, 3.63) is 85.1 Å². The molecule has 0 bridgehead atoms. The Morgan fingerprint density at radius 3 is 1.88 bits per heavy atom. The number of unbranched alkanes of at least 4 members (excludes halogenated alkanes) is 9. The number of esters is 2. The number of carbonyl (C=O) groups is 2. The third kappa shape index (κ3) is 38.0. The van der Waals surface area contributed by atoms with Gasteiger partial charge in [0.1, 0.15) is 12.7 Å². The fourth-order valence-corrected chi connectivity index (χ4v) is 5.69. The van der Waals surface area contributed by atoms with Crippen molar-refractivity contribution in [1.82, 2.24) is 0 Å². The lowest BCUT2D eigenvalue weighted by Gasteiger charge is -2.20. The predicted molar refractivity (Wildman–Crippen MR) is 225 cm³/mol. The number of carbonyl (C=O) groups excluding carboxylic acids is 2. The van der Waals surface area contributed by atoms with Crippen molar-refractivity contribution < 1.29 is 52.9 Å². The fraction of sp³-hybridized carbons (Fsp3) is 0.636. The molecule has 0 radical (unpaired) electrons. The smallest absolute Gasteiger partial charge is 0.462 e. The van der Waals surface area contributed by atoms with Crippen LogP contribution in [-0.4, -0.2) is 76.9 Å². The van der Waals surface area contributed by atoms with Gasteiger partial charge in [-0.05, 0) is 77.0 Å². The Labute approximate surface area is 337 Å². The minimum atomic E-state index is -4.66. The molecule has 4 N–H and O–H groups in total. The predicted octanol–water partition coefficient (Wildman–Crippen LogP) is 9.63. The maximum absolute atomic E-state index is 12.6. The van der Waals surface area contributed by atoms with E-state index in [4.69, 9.17) is 19.1 Å². The van der Waals surface area contributed by atoms with E-state index in [1.165, 1.54) is 19.3 Å². The summed E-state index contributed by atoms with van der Waals surface area (Å²) >= 11 is 0. The molecule has 0 aliphatic heterocycles. The molecule has 0 saturated carbocycles. The second-order valence-electron chi connectivity index (χ2n) is 13.5. The Bertz CT molecular complexity index is 1220. The Hall–Kier alpha value is -2.89. The summed E-state index contributed by atoms with van der Waals surface area (Å²) in [5.41, 5.74) is 0. The lowest BCUT2D eigenvalue weighted by atomic mass is 10.1. The van der Waals surface area contributed by atoms with Gasteiger partial charge in [-0.15, -0.1) is 0 Å². The van der Waals surface area contributed by atoms with Gasteiger partial charge in [-0.2, -0.15) is 0 Å². The number of hydrogen-bond donors (Lipinski definition) is 4. The molecule has 0 fully saturated rings. The van der Waals surface area contributed by atoms with Crippen LogP contribution in [0.5, 0.6) is 0 Å². The molecule has 0 spiro atoms. The van der Waals surface area contributed by atoms with E-state index in [1.807, 2.05) is 24.3 Å². The van der Waals surface area contributed by atoms with E-state index in [2.05, 4.69) is 67.0 Å². The second kappa shape index (κ2) is 39.0. The van der Waals surface area contributed by atoms with Gasteiger partial charge in [0.2, 0.25) is 0 Å². The van der Waals surface area contributed by atoms with Crippen LogP contribution in [0, 0.1) is 0 Å². The number of aliphatic hydroxyl groups is 3. The quantitative estimate of drug-likeness (QED) is 0.0155. The molecule has 4 atom stereocenters. The molecular weight excluding hydrogens is 735 g/mol. The van der Waals surface area contributed by atoms with Gasteiger partial charge >= 0.3 is 19.8 Å². The molecule has 0 heterocycles. The van der Waals surface area contributed by atoms with Crippen molar-refractivity contribution in [2.24, 2.45) is 0 Å². The van der Waals surface area contributed by atoms with Gasteiger partial charge in [0.25, 0.3) is 0 Å². The third-order valence-electron chi connectivity index (χ3n) is 8.11. The lowest BCUT2D eigenvalue weighted by molar-refractivity contribution is -0.161. The van der Waals surface area contributed by atoms with Gasteiger partial charge in [0.15, 0.2) is 6.10 Å².